The molecule has 0 radical (unpaired) electrons. The van der Waals surface area contributed by atoms with Crippen LogP contribution in [0.2, 0.25) is 0 Å². The van der Waals surface area contributed by atoms with Crippen LogP contribution in [-0.4, -0.2) is 49.6 Å². The van der Waals surface area contributed by atoms with Gasteiger partial charge >= 0.3 is 18.2 Å². The van der Waals surface area contributed by atoms with Gasteiger partial charge in [0.25, 0.3) is 0 Å². The molecule has 1 heterocycles. The molecule has 0 fully saturated rings. The van der Waals surface area contributed by atoms with Gasteiger partial charge in [0.1, 0.15) is 18.0 Å². The summed E-state index contributed by atoms with van der Waals surface area (Å²) in [5.41, 5.74) is -0.529. The van der Waals surface area contributed by atoms with Gasteiger partial charge in [0, 0.05) is 12.6 Å². The molecule has 1 unspecified atom stereocenters. The number of ether oxygens (including phenoxy) is 1. The predicted octanol–water partition coefficient (Wildman–Crippen LogP) is 0.930. The van der Waals surface area contributed by atoms with Crippen molar-refractivity contribution < 1.29 is 29.3 Å². The molecular formula is C12H17N3O6. The molecular weight excluding hydrogens is 282 g/mol. The number of aromatic nitrogens is 2. The quantitative estimate of drug-likeness (QED) is 0.753. The van der Waals surface area contributed by atoms with Gasteiger partial charge in [-0.2, -0.15) is 0 Å². The third-order valence-corrected chi connectivity index (χ3v) is 2.26. The summed E-state index contributed by atoms with van der Waals surface area (Å²) < 4.78 is 5.76. The number of carbonyl (C=O) groups is 3. The summed E-state index contributed by atoms with van der Waals surface area (Å²) in [5, 5.41) is 20.0. The molecule has 0 aliphatic rings. The molecule has 9 heteroatoms. The first-order valence-electron chi connectivity index (χ1n) is 6.07. The highest BCUT2D eigenvalue weighted by Gasteiger charge is 2.25. The lowest BCUT2D eigenvalue weighted by Gasteiger charge is -2.21. The topological polar surface area (TPSA) is 131 Å². The third-order valence-electron chi connectivity index (χ3n) is 2.26. The van der Waals surface area contributed by atoms with E-state index in [1.165, 1.54) is 6.20 Å². The fourth-order valence-corrected chi connectivity index (χ4v) is 1.43. The van der Waals surface area contributed by atoms with Gasteiger partial charge in [-0.05, 0) is 20.8 Å². The average molecular weight is 299 g/mol. The summed E-state index contributed by atoms with van der Waals surface area (Å²) in [6.45, 7) is 4.95. The Morgan fingerprint density at radius 2 is 2.00 bits per heavy atom. The second-order valence-corrected chi connectivity index (χ2v) is 5.30. The molecule has 1 amide bonds. The van der Waals surface area contributed by atoms with Gasteiger partial charge in [-0.25, -0.2) is 23.9 Å². The number of aliphatic carboxylic acids is 1. The zero-order chi connectivity index (χ0) is 16.2. The van der Waals surface area contributed by atoms with E-state index in [4.69, 9.17) is 14.9 Å². The van der Waals surface area contributed by atoms with Crippen LogP contribution in [0.3, 0.4) is 0 Å². The van der Waals surface area contributed by atoms with Crippen LogP contribution < -0.4 is 5.32 Å². The molecule has 0 aliphatic carbocycles. The maximum absolute atomic E-state index is 11.6. The van der Waals surface area contributed by atoms with Crippen LogP contribution in [-0.2, 0) is 16.0 Å². The fourth-order valence-electron chi connectivity index (χ4n) is 1.43. The second-order valence-electron chi connectivity index (χ2n) is 5.30. The lowest BCUT2D eigenvalue weighted by atomic mass is 10.1. The number of nitrogens with zero attached hydrogens (tertiary/aromatic N) is 2. The number of carbonyl (C=O) groups excluding carboxylic acids is 1. The fraction of sp³-hybridized carbons (Fsp3) is 0.500. The normalized spacial score (nSPS) is 12.5. The third kappa shape index (κ3) is 5.51. The number of carboxylic acids is 1. The molecule has 1 aromatic rings. The molecule has 3 N–H and O–H groups in total. The first-order valence-corrected chi connectivity index (χ1v) is 6.07. The van der Waals surface area contributed by atoms with Crippen molar-refractivity contribution in [3.05, 3.63) is 18.2 Å². The minimum absolute atomic E-state index is 0.158. The Labute approximate surface area is 120 Å². The second kappa shape index (κ2) is 6.25. The Balaban J connectivity index is 2.71. The van der Waals surface area contributed by atoms with Gasteiger partial charge < -0.3 is 20.3 Å². The lowest BCUT2D eigenvalue weighted by Crippen LogP contribution is -2.44. The van der Waals surface area contributed by atoms with Crippen molar-refractivity contribution in [2.75, 3.05) is 0 Å². The van der Waals surface area contributed by atoms with Crippen molar-refractivity contribution in [3.63, 3.8) is 0 Å². The molecule has 0 saturated heterocycles. The van der Waals surface area contributed by atoms with Crippen LogP contribution in [0, 0.1) is 0 Å². The number of alkyl carbamates (subject to hydrolysis) is 1. The van der Waals surface area contributed by atoms with Crippen LogP contribution >= 0.6 is 0 Å². The van der Waals surface area contributed by atoms with E-state index >= 15 is 0 Å². The summed E-state index contributed by atoms with van der Waals surface area (Å²) in [4.78, 5) is 37.1. The van der Waals surface area contributed by atoms with E-state index in [0.29, 0.717) is 0 Å². The highest BCUT2D eigenvalue weighted by molar-refractivity contribution is 5.80. The van der Waals surface area contributed by atoms with E-state index in [-0.39, 0.29) is 12.1 Å². The van der Waals surface area contributed by atoms with E-state index in [1.807, 2.05) is 0 Å². The molecule has 0 aromatic carbocycles. The van der Waals surface area contributed by atoms with Gasteiger partial charge in [0.05, 0.1) is 5.69 Å². The largest absolute Gasteiger partial charge is 0.480 e. The first kappa shape index (κ1) is 16.5. The zero-order valence-electron chi connectivity index (χ0n) is 11.9. The van der Waals surface area contributed by atoms with Crippen molar-refractivity contribution in [1.82, 2.24) is 14.9 Å². The van der Waals surface area contributed by atoms with Crippen LogP contribution in [0.5, 0.6) is 0 Å². The van der Waals surface area contributed by atoms with Crippen LogP contribution in [0.25, 0.3) is 0 Å². The lowest BCUT2D eigenvalue weighted by molar-refractivity contribution is -0.139. The van der Waals surface area contributed by atoms with Crippen molar-refractivity contribution in [2.24, 2.45) is 0 Å². The minimum atomic E-state index is -1.27. The van der Waals surface area contributed by atoms with Crippen molar-refractivity contribution in [1.29, 1.82) is 0 Å². The summed E-state index contributed by atoms with van der Waals surface area (Å²) in [5.74, 6) is -1.27. The maximum atomic E-state index is 11.6. The van der Waals surface area contributed by atoms with Crippen LogP contribution in [0.15, 0.2) is 12.5 Å². The molecule has 1 aromatic heterocycles. The summed E-state index contributed by atoms with van der Waals surface area (Å²) in [6.07, 6.45) is -0.0400. The smallest absolute Gasteiger partial charge is 0.416 e. The van der Waals surface area contributed by atoms with Crippen molar-refractivity contribution >= 4 is 18.2 Å². The number of nitrogens with one attached hydrogen (secondary N) is 1. The van der Waals surface area contributed by atoms with Crippen molar-refractivity contribution in [2.45, 2.75) is 38.8 Å². The minimum Gasteiger partial charge on any atom is -0.480 e. The Morgan fingerprint density at radius 3 is 2.43 bits per heavy atom. The monoisotopic (exact) mass is 299 g/mol. The van der Waals surface area contributed by atoms with Gasteiger partial charge in [-0.1, -0.05) is 0 Å². The van der Waals surface area contributed by atoms with Gasteiger partial charge in [0.15, 0.2) is 0 Å². The van der Waals surface area contributed by atoms with E-state index in [2.05, 4.69) is 10.3 Å². The number of imidazole rings is 1. The van der Waals surface area contributed by atoms with Gasteiger partial charge in [-0.15, -0.1) is 0 Å². The molecule has 1 rings (SSSR count). The number of amides is 1. The van der Waals surface area contributed by atoms with Crippen LogP contribution in [0.1, 0.15) is 26.5 Å². The summed E-state index contributed by atoms with van der Waals surface area (Å²) in [7, 11) is 0. The molecule has 0 spiro atoms. The molecule has 0 saturated carbocycles. The SMILES string of the molecule is CC(C)(C)OC(=O)NC(Cc1cn(C(=O)O)cn1)C(=O)O. The molecule has 116 valence electrons. The van der Waals surface area contributed by atoms with Crippen LogP contribution in [0.4, 0.5) is 9.59 Å². The highest BCUT2D eigenvalue weighted by atomic mass is 16.6. The maximum Gasteiger partial charge on any atom is 0.416 e. The number of hydrogen-bond acceptors (Lipinski definition) is 5. The first-order chi connectivity index (χ1) is 9.58. The predicted molar refractivity (Wildman–Crippen MR) is 70.1 cm³/mol. The molecule has 9 nitrogen and oxygen atoms in total. The number of carboxylic acid groups (broad SMARTS) is 2. The molecule has 21 heavy (non-hydrogen) atoms. The number of rotatable bonds is 4. The summed E-state index contributed by atoms with van der Waals surface area (Å²) >= 11 is 0. The van der Waals surface area contributed by atoms with Crippen molar-refractivity contribution in [3.8, 4) is 0 Å². The van der Waals surface area contributed by atoms with E-state index in [1.54, 1.807) is 20.8 Å². The number of hydrogen-bond donors (Lipinski definition) is 3. The Morgan fingerprint density at radius 1 is 1.38 bits per heavy atom. The average Bonchev–Trinajstić information content (AvgIpc) is 2.74. The summed E-state index contributed by atoms with van der Waals surface area (Å²) in [6, 6.07) is -1.27. The molecule has 0 bridgehead atoms. The van der Waals surface area contributed by atoms with Gasteiger partial charge in [0.2, 0.25) is 0 Å². The molecule has 0 aliphatic heterocycles. The standard InChI is InChI=1S/C12H17N3O6/c1-12(2,3)21-10(18)14-8(9(16)17)4-7-5-15(6-13-7)11(19)20/h5-6,8H,4H2,1-3H3,(H,14,18)(H,16,17)(H,19,20). The highest BCUT2D eigenvalue weighted by Crippen LogP contribution is 2.08. The van der Waals surface area contributed by atoms with Gasteiger partial charge in [-0.3, -0.25) is 0 Å². The Hall–Kier alpha value is -2.58. The van der Waals surface area contributed by atoms with E-state index in [0.717, 1.165) is 10.9 Å². The molecule has 1 atom stereocenters. The van der Waals surface area contributed by atoms with E-state index in [9.17, 15) is 14.4 Å². The zero-order valence-corrected chi connectivity index (χ0v) is 11.9. The Kier molecular flexibility index (Phi) is 4.90. The Bertz CT molecular complexity index is 545. The van der Waals surface area contributed by atoms with E-state index < -0.39 is 29.8 Å².